The van der Waals surface area contributed by atoms with E-state index in [2.05, 4.69) is 15.6 Å². The molecule has 0 fully saturated rings. The van der Waals surface area contributed by atoms with Crippen molar-refractivity contribution in [3.8, 4) is 0 Å². The van der Waals surface area contributed by atoms with Crippen LogP contribution in [0.5, 0.6) is 0 Å². The second-order valence-electron chi connectivity index (χ2n) is 6.32. The lowest BCUT2D eigenvalue weighted by molar-refractivity contribution is -0.120. The first-order valence-electron chi connectivity index (χ1n) is 8.49. The maximum absolute atomic E-state index is 12.6. The molecule has 0 aliphatic heterocycles. The van der Waals surface area contributed by atoms with Crippen molar-refractivity contribution in [3.05, 3.63) is 59.4 Å². The number of aromatic nitrogens is 2. The van der Waals surface area contributed by atoms with E-state index in [1.807, 2.05) is 56.3 Å². The van der Waals surface area contributed by atoms with Crippen LogP contribution >= 0.6 is 0 Å². The molecule has 0 saturated carbocycles. The van der Waals surface area contributed by atoms with Crippen LogP contribution in [0.2, 0.25) is 0 Å². The van der Waals surface area contributed by atoms with Crippen LogP contribution in [0.25, 0.3) is 11.0 Å². The number of carbonyl (C=O) groups is 2. The number of rotatable bonds is 5. The van der Waals surface area contributed by atoms with Crippen molar-refractivity contribution in [1.82, 2.24) is 14.9 Å². The fourth-order valence-corrected chi connectivity index (χ4v) is 2.96. The van der Waals surface area contributed by atoms with Gasteiger partial charge in [-0.05, 0) is 37.6 Å². The van der Waals surface area contributed by atoms with Crippen molar-refractivity contribution in [2.24, 2.45) is 0 Å². The molecule has 6 heteroatoms. The van der Waals surface area contributed by atoms with E-state index >= 15 is 0 Å². The minimum absolute atomic E-state index is 0.0974. The molecule has 0 saturated heterocycles. The predicted molar refractivity (Wildman–Crippen MR) is 102 cm³/mol. The van der Waals surface area contributed by atoms with E-state index in [4.69, 9.17) is 0 Å². The molecule has 6 nitrogen and oxygen atoms in total. The van der Waals surface area contributed by atoms with Gasteiger partial charge in [-0.2, -0.15) is 0 Å². The summed E-state index contributed by atoms with van der Waals surface area (Å²) in [5.74, 6) is 0.274. The van der Waals surface area contributed by atoms with E-state index in [9.17, 15) is 9.59 Å². The number of aryl methyl sites for hydroxylation is 2. The SMILES string of the molecule is CNC(=O)Cc1nc2ccccc2n1CC(=O)Nc1ccc(C)cc1C. The lowest BCUT2D eigenvalue weighted by Gasteiger charge is -2.12. The molecule has 2 amide bonds. The zero-order chi connectivity index (χ0) is 18.7. The Kier molecular flexibility index (Phi) is 5.02. The fourth-order valence-electron chi connectivity index (χ4n) is 2.96. The molecule has 1 aromatic heterocycles. The van der Waals surface area contributed by atoms with Gasteiger partial charge in [-0.1, -0.05) is 29.8 Å². The summed E-state index contributed by atoms with van der Waals surface area (Å²) in [5, 5.41) is 5.54. The van der Waals surface area contributed by atoms with Crippen molar-refractivity contribution in [2.45, 2.75) is 26.8 Å². The van der Waals surface area contributed by atoms with E-state index in [1.165, 1.54) is 0 Å². The fraction of sp³-hybridized carbons (Fsp3) is 0.250. The maximum Gasteiger partial charge on any atom is 0.244 e. The number of fused-ring (bicyclic) bond motifs is 1. The Morgan fingerprint density at radius 2 is 1.85 bits per heavy atom. The Labute approximate surface area is 152 Å². The van der Waals surface area contributed by atoms with E-state index in [0.29, 0.717) is 5.82 Å². The third-order valence-electron chi connectivity index (χ3n) is 4.29. The number of likely N-dealkylation sites (N-methyl/N-ethyl adjacent to an activating group) is 1. The van der Waals surface area contributed by atoms with Crippen molar-refractivity contribution >= 4 is 28.5 Å². The van der Waals surface area contributed by atoms with Gasteiger partial charge in [0.1, 0.15) is 12.4 Å². The zero-order valence-corrected chi connectivity index (χ0v) is 15.2. The molecule has 0 bridgehead atoms. The topological polar surface area (TPSA) is 76.0 Å². The number of carbonyl (C=O) groups excluding carboxylic acids is 2. The number of nitrogens with zero attached hydrogens (tertiary/aromatic N) is 2. The zero-order valence-electron chi connectivity index (χ0n) is 15.2. The third-order valence-corrected chi connectivity index (χ3v) is 4.29. The summed E-state index contributed by atoms with van der Waals surface area (Å²) in [4.78, 5) is 28.9. The summed E-state index contributed by atoms with van der Waals surface area (Å²) in [7, 11) is 1.59. The number of benzene rings is 2. The van der Waals surface area contributed by atoms with Crippen LogP contribution in [0.1, 0.15) is 17.0 Å². The number of hydrogen-bond acceptors (Lipinski definition) is 3. The van der Waals surface area contributed by atoms with Gasteiger partial charge in [0.2, 0.25) is 11.8 Å². The minimum atomic E-state index is -0.154. The Morgan fingerprint density at radius 1 is 1.08 bits per heavy atom. The molecule has 0 unspecified atom stereocenters. The van der Waals surface area contributed by atoms with Gasteiger partial charge in [-0.25, -0.2) is 4.98 Å². The average Bonchev–Trinajstić information content (AvgIpc) is 2.94. The summed E-state index contributed by atoms with van der Waals surface area (Å²) < 4.78 is 1.80. The highest BCUT2D eigenvalue weighted by Crippen LogP contribution is 2.19. The van der Waals surface area contributed by atoms with E-state index in [1.54, 1.807) is 11.6 Å². The number of anilines is 1. The summed E-state index contributed by atoms with van der Waals surface area (Å²) in [6.45, 7) is 4.08. The van der Waals surface area contributed by atoms with Gasteiger partial charge in [-0.3, -0.25) is 9.59 Å². The van der Waals surface area contributed by atoms with Gasteiger partial charge in [0.05, 0.1) is 17.5 Å². The maximum atomic E-state index is 12.6. The molecule has 1 heterocycles. The summed E-state index contributed by atoms with van der Waals surface area (Å²) in [6.07, 6.45) is 0.127. The third kappa shape index (κ3) is 3.74. The highest BCUT2D eigenvalue weighted by Gasteiger charge is 2.16. The summed E-state index contributed by atoms with van der Waals surface area (Å²) >= 11 is 0. The van der Waals surface area contributed by atoms with Crippen molar-refractivity contribution in [1.29, 1.82) is 0 Å². The monoisotopic (exact) mass is 350 g/mol. The van der Waals surface area contributed by atoms with Crippen LogP contribution in [0.15, 0.2) is 42.5 Å². The molecule has 0 aliphatic rings. The summed E-state index contributed by atoms with van der Waals surface area (Å²) in [5.41, 5.74) is 4.55. The van der Waals surface area contributed by atoms with Gasteiger partial charge in [0.25, 0.3) is 0 Å². The largest absolute Gasteiger partial charge is 0.359 e. The standard InChI is InChI=1S/C20H22N4O2/c1-13-8-9-15(14(2)10-13)23-20(26)12-24-17-7-5-4-6-16(17)22-18(24)11-19(25)21-3/h4-10H,11-12H2,1-3H3,(H,21,25)(H,23,26). The van der Waals surface area contributed by atoms with Crippen LogP contribution in [-0.4, -0.2) is 28.4 Å². The van der Waals surface area contributed by atoms with Gasteiger partial charge < -0.3 is 15.2 Å². The normalized spacial score (nSPS) is 10.7. The van der Waals surface area contributed by atoms with E-state index < -0.39 is 0 Å². The van der Waals surface area contributed by atoms with Crippen LogP contribution in [0.4, 0.5) is 5.69 Å². The van der Waals surface area contributed by atoms with E-state index in [-0.39, 0.29) is 24.8 Å². The van der Waals surface area contributed by atoms with Gasteiger partial charge in [-0.15, -0.1) is 0 Å². The highest BCUT2D eigenvalue weighted by atomic mass is 16.2. The molecule has 0 atom stereocenters. The number of nitrogens with one attached hydrogen (secondary N) is 2. The molecule has 0 radical (unpaired) electrons. The smallest absolute Gasteiger partial charge is 0.244 e. The number of hydrogen-bond donors (Lipinski definition) is 2. The van der Waals surface area contributed by atoms with Crippen molar-refractivity contribution in [3.63, 3.8) is 0 Å². The lowest BCUT2D eigenvalue weighted by atomic mass is 10.1. The predicted octanol–water partition coefficient (Wildman–Crippen LogP) is 2.58. The van der Waals surface area contributed by atoms with E-state index in [0.717, 1.165) is 27.8 Å². The van der Waals surface area contributed by atoms with Crippen molar-refractivity contribution in [2.75, 3.05) is 12.4 Å². The van der Waals surface area contributed by atoms with Crippen LogP contribution in [0, 0.1) is 13.8 Å². The van der Waals surface area contributed by atoms with Gasteiger partial charge in [0, 0.05) is 12.7 Å². The number of para-hydroxylation sites is 2. The Hall–Kier alpha value is -3.15. The molecule has 134 valence electrons. The average molecular weight is 350 g/mol. The molecule has 3 aromatic rings. The second kappa shape index (κ2) is 7.39. The first kappa shape index (κ1) is 17.7. The first-order chi connectivity index (χ1) is 12.5. The Bertz CT molecular complexity index is 975. The number of amides is 2. The first-order valence-corrected chi connectivity index (χ1v) is 8.49. The van der Waals surface area contributed by atoms with Crippen LogP contribution in [0.3, 0.4) is 0 Å². The molecule has 0 spiro atoms. The molecule has 3 rings (SSSR count). The Morgan fingerprint density at radius 3 is 2.58 bits per heavy atom. The van der Waals surface area contributed by atoms with Crippen LogP contribution in [-0.2, 0) is 22.6 Å². The molecular formula is C20H22N4O2. The molecule has 2 aromatic carbocycles. The highest BCUT2D eigenvalue weighted by molar-refractivity contribution is 5.92. The molecule has 0 aliphatic carbocycles. The second-order valence-corrected chi connectivity index (χ2v) is 6.32. The molecular weight excluding hydrogens is 328 g/mol. The molecule has 26 heavy (non-hydrogen) atoms. The Balaban J connectivity index is 1.87. The quantitative estimate of drug-likeness (QED) is 0.742. The van der Waals surface area contributed by atoms with Crippen LogP contribution < -0.4 is 10.6 Å². The minimum Gasteiger partial charge on any atom is -0.359 e. The summed E-state index contributed by atoms with van der Waals surface area (Å²) in [6, 6.07) is 13.5. The lowest BCUT2D eigenvalue weighted by Crippen LogP contribution is -2.25. The number of imidazole rings is 1. The van der Waals surface area contributed by atoms with Crippen molar-refractivity contribution < 1.29 is 9.59 Å². The van der Waals surface area contributed by atoms with Gasteiger partial charge >= 0.3 is 0 Å². The molecule has 2 N–H and O–H groups in total. The van der Waals surface area contributed by atoms with Gasteiger partial charge in [0.15, 0.2) is 0 Å².